The number of benzene rings is 1. The number of hydrogen-bond acceptors (Lipinski definition) is 5. The molecule has 3 aliphatic rings. The molecule has 118 valence electrons. The SMILES string of the molecule is COc1cc(C(=O)N2C[C@H]3CNC[C@H]3C2)cc2c1OCCO2. The van der Waals surface area contributed by atoms with Crippen LogP contribution in [-0.4, -0.2) is 57.3 Å². The van der Waals surface area contributed by atoms with E-state index in [0.717, 1.165) is 26.2 Å². The van der Waals surface area contributed by atoms with Gasteiger partial charge in [-0.05, 0) is 24.0 Å². The van der Waals surface area contributed by atoms with Gasteiger partial charge in [0.15, 0.2) is 11.5 Å². The van der Waals surface area contributed by atoms with Gasteiger partial charge in [0.2, 0.25) is 5.75 Å². The molecular weight excluding hydrogens is 284 g/mol. The third-order valence-corrected chi connectivity index (χ3v) is 4.75. The van der Waals surface area contributed by atoms with Crippen molar-refractivity contribution in [1.29, 1.82) is 0 Å². The minimum absolute atomic E-state index is 0.0460. The number of ether oxygens (including phenoxy) is 3. The van der Waals surface area contributed by atoms with Crippen molar-refractivity contribution in [1.82, 2.24) is 10.2 Å². The van der Waals surface area contributed by atoms with E-state index < -0.39 is 0 Å². The number of fused-ring (bicyclic) bond motifs is 2. The fourth-order valence-corrected chi connectivity index (χ4v) is 3.60. The van der Waals surface area contributed by atoms with Crippen LogP contribution in [0, 0.1) is 11.8 Å². The Balaban J connectivity index is 1.60. The Hall–Kier alpha value is -1.95. The molecule has 2 fully saturated rings. The van der Waals surface area contributed by atoms with Crippen molar-refractivity contribution in [3.63, 3.8) is 0 Å². The normalized spacial score (nSPS) is 26.0. The van der Waals surface area contributed by atoms with Crippen LogP contribution in [0.2, 0.25) is 0 Å². The van der Waals surface area contributed by atoms with E-state index in [0.29, 0.717) is 47.9 Å². The van der Waals surface area contributed by atoms with E-state index in [-0.39, 0.29) is 5.91 Å². The number of hydrogen-bond donors (Lipinski definition) is 1. The number of amides is 1. The summed E-state index contributed by atoms with van der Waals surface area (Å²) in [6, 6.07) is 3.52. The molecule has 4 rings (SSSR count). The second kappa shape index (κ2) is 5.35. The van der Waals surface area contributed by atoms with Crippen LogP contribution in [0.3, 0.4) is 0 Å². The van der Waals surface area contributed by atoms with Crippen LogP contribution < -0.4 is 19.5 Å². The van der Waals surface area contributed by atoms with Gasteiger partial charge in [-0.3, -0.25) is 4.79 Å². The van der Waals surface area contributed by atoms with E-state index in [1.165, 1.54) is 0 Å². The predicted molar refractivity (Wildman–Crippen MR) is 79.7 cm³/mol. The molecule has 0 spiro atoms. The molecule has 1 aromatic rings. The Morgan fingerprint density at radius 3 is 2.68 bits per heavy atom. The highest BCUT2D eigenvalue weighted by atomic mass is 16.6. The zero-order valence-electron chi connectivity index (χ0n) is 12.6. The first-order valence-corrected chi connectivity index (χ1v) is 7.74. The second-order valence-corrected chi connectivity index (χ2v) is 6.09. The van der Waals surface area contributed by atoms with Crippen LogP contribution in [0.15, 0.2) is 12.1 Å². The highest BCUT2D eigenvalue weighted by Crippen LogP contribution is 2.41. The van der Waals surface area contributed by atoms with Crippen molar-refractivity contribution in [3.8, 4) is 17.2 Å². The van der Waals surface area contributed by atoms with Crippen LogP contribution in [0.25, 0.3) is 0 Å². The summed E-state index contributed by atoms with van der Waals surface area (Å²) in [7, 11) is 1.58. The first-order valence-electron chi connectivity index (χ1n) is 7.74. The molecule has 6 nitrogen and oxygen atoms in total. The Labute approximate surface area is 129 Å². The smallest absolute Gasteiger partial charge is 0.254 e. The number of nitrogens with zero attached hydrogens (tertiary/aromatic N) is 1. The summed E-state index contributed by atoms with van der Waals surface area (Å²) >= 11 is 0. The molecule has 0 unspecified atom stereocenters. The predicted octanol–water partition coefficient (Wildman–Crippen LogP) is 0.758. The van der Waals surface area contributed by atoms with Crippen LogP contribution in [0.1, 0.15) is 10.4 Å². The Kier molecular flexibility index (Phi) is 3.33. The Morgan fingerprint density at radius 2 is 1.95 bits per heavy atom. The molecule has 3 heterocycles. The van der Waals surface area contributed by atoms with Gasteiger partial charge in [0.05, 0.1) is 7.11 Å². The lowest BCUT2D eigenvalue weighted by Crippen LogP contribution is -2.32. The van der Waals surface area contributed by atoms with Crippen molar-refractivity contribution in [3.05, 3.63) is 17.7 Å². The van der Waals surface area contributed by atoms with Crippen molar-refractivity contribution in [2.45, 2.75) is 0 Å². The van der Waals surface area contributed by atoms with Crippen LogP contribution >= 0.6 is 0 Å². The van der Waals surface area contributed by atoms with Gasteiger partial charge in [-0.15, -0.1) is 0 Å². The molecule has 1 N–H and O–H groups in total. The van der Waals surface area contributed by atoms with Crippen molar-refractivity contribution < 1.29 is 19.0 Å². The van der Waals surface area contributed by atoms with Gasteiger partial charge in [0, 0.05) is 31.7 Å². The summed E-state index contributed by atoms with van der Waals surface area (Å²) in [5, 5.41) is 3.39. The summed E-state index contributed by atoms with van der Waals surface area (Å²) in [5.41, 5.74) is 0.606. The van der Waals surface area contributed by atoms with Gasteiger partial charge in [0.25, 0.3) is 5.91 Å². The number of methoxy groups -OCH3 is 1. The highest BCUT2D eigenvalue weighted by Gasteiger charge is 2.38. The zero-order valence-corrected chi connectivity index (χ0v) is 12.6. The van der Waals surface area contributed by atoms with Crippen molar-refractivity contribution in [2.24, 2.45) is 11.8 Å². The lowest BCUT2D eigenvalue weighted by molar-refractivity contribution is 0.0780. The minimum Gasteiger partial charge on any atom is -0.493 e. The molecule has 0 aromatic heterocycles. The quantitative estimate of drug-likeness (QED) is 0.874. The van der Waals surface area contributed by atoms with Crippen LogP contribution in [0.5, 0.6) is 17.2 Å². The zero-order chi connectivity index (χ0) is 15.1. The molecule has 2 atom stereocenters. The van der Waals surface area contributed by atoms with Gasteiger partial charge < -0.3 is 24.4 Å². The fraction of sp³-hybridized carbons (Fsp3) is 0.562. The fourth-order valence-electron chi connectivity index (χ4n) is 3.60. The van der Waals surface area contributed by atoms with E-state index >= 15 is 0 Å². The van der Waals surface area contributed by atoms with Gasteiger partial charge in [0.1, 0.15) is 13.2 Å². The lowest BCUT2D eigenvalue weighted by Gasteiger charge is -2.23. The number of carbonyl (C=O) groups excluding carboxylic acids is 1. The molecule has 1 aromatic carbocycles. The van der Waals surface area contributed by atoms with Crippen LogP contribution in [-0.2, 0) is 0 Å². The average Bonchev–Trinajstić information content (AvgIpc) is 3.14. The maximum atomic E-state index is 12.8. The first kappa shape index (κ1) is 13.7. The monoisotopic (exact) mass is 304 g/mol. The van der Waals surface area contributed by atoms with E-state index in [2.05, 4.69) is 5.32 Å². The first-order chi connectivity index (χ1) is 10.8. The lowest BCUT2D eigenvalue weighted by atomic mass is 10.0. The molecule has 22 heavy (non-hydrogen) atoms. The van der Waals surface area contributed by atoms with Gasteiger partial charge in [-0.25, -0.2) is 0 Å². The summed E-state index contributed by atoms with van der Waals surface area (Å²) in [4.78, 5) is 14.7. The molecule has 1 amide bonds. The van der Waals surface area contributed by atoms with Crippen LogP contribution in [0.4, 0.5) is 0 Å². The van der Waals surface area contributed by atoms with E-state index in [4.69, 9.17) is 14.2 Å². The van der Waals surface area contributed by atoms with E-state index in [1.54, 1.807) is 19.2 Å². The molecule has 6 heteroatoms. The molecule has 0 bridgehead atoms. The second-order valence-electron chi connectivity index (χ2n) is 6.09. The minimum atomic E-state index is 0.0460. The molecule has 3 aliphatic heterocycles. The number of carbonyl (C=O) groups is 1. The summed E-state index contributed by atoms with van der Waals surface area (Å²) < 4.78 is 16.5. The van der Waals surface area contributed by atoms with Gasteiger partial charge in [-0.2, -0.15) is 0 Å². The summed E-state index contributed by atoms with van der Waals surface area (Å²) in [6.45, 7) is 4.67. The third-order valence-electron chi connectivity index (χ3n) is 4.75. The average molecular weight is 304 g/mol. The van der Waals surface area contributed by atoms with E-state index in [9.17, 15) is 4.79 Å². The highest BCUT2D eigenvalue weighted by molar-refractivity contribution is 5.96. The Bertz CT molecular complexity index is 575. The summed E-state index contributed by atoms with van der Waals surface area (Å²) in [5.74, 6) is 2.96. The largest absolute Gasteiger partial charge is 0.493 e. The summed E-state index contributed by atoms with van der Waals surface area (Å²) in [6.07, 6.45) is 0. The van der Waals surface area contributed by atoms with Crippen molar-refractivity contribution in [2.75, 3.05) is 46.5 Å². The standard InChI is InChI=1S/C16H20N2O4/c1-20-13-4-10(5-14-15(13)22-3-2-21-14)16(19)18-8-11-6-17-7-12(11)9-18/h4-5,11-12,17H,2-3,6-9H2,1H3/t11-,12+. The molecule has 0 aliphatic carbocycles. The number of nitrogens with one attached hydrogen (secondary N) is 1. The molecule has 0 radical (unpaired) electrons. The Morgan fingerprint density at radius 1 is 1.23 bits per heavy atom. The van der Waals surface area contributed by atoms with E-state index in [1.807, 2.05) is 4.90 Å². The molecule has 0 saturated carbocycles. The molecular formula is C16H20N2O4. The van der Waals surface area contributed by atoms with Crippen molar-refractivity contribution >= 4 is 5.91 Å². The van der Waals surface area contributed by atoms with Gasteiger partial charge >= 0.3 is 0 Å². The topological polar surface area (TPSA) is 60.0 Å². The van der Waals surface area contributed by atoms with Gasteiger partial charge in [-0.1, -0.05) is 0 Å². The number of likely N-dealkylation sites (tertiary alicyclic amines) is 1. The molecule has 2 saturated heterocycles. The third kappa shape index (κ3) is 2.18. The number of rotatable bonds is 2. The maximum absolute atomic E-state index is 12.8. The maximum Gasteiger partial charge on any atom is 0.254 e.